The SMILES string of the molecule is CCCCOc1c2n3c(c(I)c1=O)CCC3C1O[C@H](C)CN1C2=O. The maximum absolute atomic E-state index is 13.1. The van der Waals surface area contributed by atoms with E-state index >= 15 is 0 Å². The number of halogens is 1. The molecule has 6 nitrogen and oxygen atoms in total. The van der Waals surface area contributed by atoms with E-state index < -0.39 is 0 Å². The lowest BCUT2D eigenvalue weighted by atomic mass is 10.1. The third kappa shape index (κ3) is 2.23. The summed E-state index contributed by atoms with van der Waals surface area (Å²) in [6, 6.07) is 0.0836. The van der Waals surface area contributed by atoms with Gasteiger partial charge in [-0.1, -0.05) is 13.3 Å². The van der Waals surface area contributed by atoms with Crippen molar-refractivity contribution in [3.05, 3.63) is 25.2 Å². The van der Waals surface area contributed by atoms with E-state index in [9.17, 15) is 9.59 Å². The lowest BCUT2D eigenvalue weighted by Crippen LogP contribution is -2.48. The summed E-state index contributed by atoms with van der Waals surface area (Å²) in [5.74, 6) is 0.0928. The Labute approximate surface area is 154 Å². The number of amides is 1. The molecule has 3 aliphatic rings. The number of ether oxygens (including phenoxy) is 2. The number of carbonyl (C=O) groups excluding carboxylic acids is 1. The van der Waals surface area contributed by atoms with Gasteiger partial charge in [-0.15, -0.1) is 0 Å². The normalized spacial score (nSPS) is 27.4. The van der Waals surface area contributed by atoms with Crippen molar-refractivity contribution in [2.24, 2.45) is 0 Å². The van der Waals surface area contributed by atoms with E-state index in [0.29, 0.717) is 22.4 Å². The molecule has 4 heterocycles. The van der Waals surface area contributed by atoms with Crippen LogP contribution in [-0.4, -0.2) is 40.9 Å². The van der Waals surface area contributed by atoms with Crippen molar-refractivity contribution in [3.63, 3.8) is 0 Å². The molecule has 0 N–H and O–H groups in total. The fourth-order valence-electron chi connectivity index (χ4n) is 3.99. The van der Waals surface area contributed by atoms with Crippen molar-refractivity contribution >= 4 is 28.5 Å². The van der Waals surface area contributed by atoms with Crippen LogP contribution in [0.2, 0.25) is 0 Å². The Morgan fingerprint density at radius 2 is 2.17 bits per heavy atom. The molecule has 24 heavy (non-hydrogen) atoms. The van der Waals surface area contributed by atoms with Crippen LogP contribution >= 0.6 is 22.6 Å². The molecule has 3 aliphatic heterocycles. The summed E-state index contributed by atoms with van der Waals surface area (Å²) in [5.41, 5.74) is 1.25. The van der Waals surface area contributed by atoms with Crippen molar-refractivity contribution in [3.8, 4) is 5.75 Å². The molecule has 0 saturated carbocycles. The first-order valence-electron chi connectivity index (χ1n) is 8.60. The smallest absolute Gasteiger partial charge is 0.276 e. The zero-order valence-corrected chi connectivity index (χ0v) is 16.0. The minimum Gasteiger partial charge on any atom is -0.487 e. The van der Waals surface area contributed by atoms with Gasteiger partial charge in [0, 0.05) is 12.2 Å². The highest BCUT2D eigenvalue weighted by Gasteiger charge is 2.50. The maximum atomic E-state index is 13.1. The van der Waals surface area contributed by atoms with Gasteiger partial charge in [0.05, 0.1) is 22.3 Å². The number of aromatic nitrogens is 1. The summed E-state index contributed by atoms with van der Waals surface area (Å²) in [4.78, 5) is 27.7. The fraction of sp³-hybridized carbons (Fsp3) is 0.647. The van der Waals surface area contributed by atoms with E-state index in [0.717, 1.165) is 31.4 Å². The molecular formula is C17H21IN2O4. The molecule has 0 bridgehead atoms. The van der Waals surface area contributed by atoms with Crippen LogP contribution in [0.15, 0.2) is 4.79 Å². The molecule has 4 rings (SSSR count). The Hall–Kier alpha value is -1.09. The van der Waals surface area contributed by atoms with Crippen LogP contribution in [0.25, 0.3) is 0 Å². The number of fused-ring (bicyclic) bond motifs is 2. The van der Waals surface area contributed by atoms with Gasteiger partial charge in [-0.2, -0.15) is 0 Å². The minimum atomic E-state index is -0.219. The molecule has 7 heteroatoms. The first kappa shape index (κ1) is 16.4. The molecule has 0 radical (unpaired) electrons. The summed E-state index contributed by atoms with van der Waals surface area (Å²) in [7, 11) is 0. The van der Waals surface area contributed by atoms with Crippen molar-refractivity contribution in [2.45, 2.75) is 57.9 Å². The van der Waals surface area contributed by atoms with E-state index in [4.69, 9.17) is 9.47 Å². The third-order valence-electron chi connectivity index (χ3n) is 5.08. The van der Waals surface area contributed by atoms with E-state index in [2.05, 4.69) is 29.5 Å². The first-order chi connectivity index (χ1) is 11.5. The highest BCUT2D eigenvalue weighted by atomic mass is 127. The Kier molecular flexibility index (Phi) is 4.11. The monoisotopic (exact) mass is 444 g/mol. The predicted molar refractivity (Wildman–Crippen MR) is 96.6 cm³/mol. The second kappa shape index (κ2) is 6.01. The molecule has 2 unspecified atom stereocenters. The van der Waals surface area contributed by atoms with E-state index in [1.165, 1.54) is 0 Å². The molecule has 3 atom stereocenters. The average Bonchev–Trinajstić information content (AvgIpc) is 3.15. The number of carbonyl (C=O) groups is 1. The van der Waals surface area contributed by atoms with Gasteiger partial charge in [0.15, 0.2) is 17.7 Å². The second-order valence-electron chi connectivity index (χ2n) is 6.74. The number of pyridine rings is 1. The molecule has 1 amide bonds. The summed E-state index contributed by atoms with van der Waals surface area (Å²) < 4.78 is 14.5. The molecule has 130 valence electrons. The lowest BCUT2D eigenvalue weighted by molar-refractivity contribution is -0.0309. The van der Waals surface area contributed by atoms with Crippen LogP contribution in [0, 0.1) is 3.57 Å². The second-order valence-corrected chi connectivity index (χ2v) is 7.82. The van der Waals surface area contributed by atoms with E-state index in [1.807, 2.05) is 11.5 Å². The quantitative estimate of drug-likeness (QED) is 0.529. The van der Waals surface area contributed by atoms with Crippen LogP contribution in [-0.2, 0) is 11.2 Å². The average molecular weight is 444 g/mol. The van der Waals surface area contributed by atoms with Gasteiger partial charge >= 0.3 is 0 Å². The van der Waals surface area contributed by atoms with Gasteiger partial charge in [0.2, 0.25) is 5.43 Å². The zero-order valence-electron chi connectivity index (χ0n) is 13.9. The Bertz CT molecular complexity index is 760. The van der Waals surface area contributed by atoms with Crippen molar-refractivity contribution < 1.29 is 14.3 Å². The highest BCUT2D eigenvalue weighted by molar-refractivity contribution is 14.1. The lowest BCUT2D eigenvalue weighted by Gasteiger charge is -2.36. The van der Waals surface area contributed by atoms with Gasteiger partial charge in [-0.3, -0.25) is 9.59 Å². The Morgan fingerprint density at radius 3 is 2.92 bits per heavy atom. The molecule has 1 saturated heterocycles. The van der Waals surface area contributed by atoms with E-state index in [1.54, 1.807) is 4.90 Å². The van der Waals surface area contributed by atoms with Gasteiger partial charge in [0.1, 0.15) is 0 Å². The number of nitrogens with zero attached hydrogens (tertiary/aromatic N) is 2. The van der Waals surface area contributed by atoms with Crippen LogP contribution in [0.4, 0.5) is 0 Å². The minimum absolute atomic E-state index is 0.0214. The van der Waals surface area contributed by atoms with Gasteiger partial charge in [0.25, 0.3) is 5.91 Å². The highest BCUT2D eigenvalue weighted by Crippen LogP contribution is 2.43. The number of rotatable bonds is 4. The number of hydrogen-bond acceptors (Lipinski definition) is 4. The summed E-state index contributed by atoms with van der Waals surface area (Å²) >= 11 is 2.10. The molecule has 0 aromatic carbocycles. The van der Waals surface area contributed by atoms with Crippen LogP contribution < -0.4 is 10.2 Å². The molecule has 1 fully saturated rings. The van der Waals surface area contributed by atoms with Crippen LogP contribution in [0.1, 0.15) is 55.3 Å². The van der Waals surface area contributed by atoms with Crippen LogP contribution in [0.3, 0.4) is 0 Å². The first-order valence-corrected chi connectivity index (χ1v) is 9.68. The fourth-order valence-corrected chi connectivity index (χ4v) is 4.76. The topological polar surface area (TPSA) is 60.8 Å². The Morgan fingerprint density at radius 1 is 1.38 bits per heavy atom. The number of unbranched alkanes of at least 4 members (excludes halogenated alkanes) is 1. The van der Waals surface area contributed by atoms with E-state index in [-0.39, 0.29) is 35.5 Å². The molecule has 0 spiro atoms. The Balaban J connectivity index is 1.87. The largest absolute Gasteiger partial charge is 0.487 e. The van der Waals surface area contributed by atoms with Crippen molar-refractivity contribution in [1.29, 1.82) is 0 Å². The molecule has 0 aliphatic carbocycles. The summed E-state index contributed by atoms with van der Waals surface area (Å²) in [5, 5.41) is 0. The standard InChI is InChI=1S/C17H21IN2O4/c1-3-4-7-23-15-13-16(22)19-8-9(2)24-17(19)11-6-5-10(20(11)13)12(18)14(15)21/h9,11,17H,3-8H2,1-2H3/t9-,11?,17?/m1/s1. The van der Waals surface area contributed by atoms with Crippen LogP contribution in [0.5, 0.6) is 5.75 Å². The summed E-state index contributed by atoms with van der Waals surface area (Å²) in [6.45, 7) is 5.09. The van der Waals surface area contributed by atoms with Gasteiger partial charge in [-0.25, -0.2) is 0 Å². The zero-order chi connectivity index (χ0) is 17.0. The maximum Gasteiger partial charge on any atom is 0.276 e. The van der Waals surface area contributed by atoms with Gasteiger partial charge < -0.3 is 18.9 Å². The number of hydrogen-bond donors (Lipinski definition) is 0. The van der Waals surface area contributed by atoms with Crippen molar-refractivity contribution in [2.75, 3.05) is 13.2 Å². The van der Waals surface area contributed by atoms with Gasteiger partial charge in [-0.05, 0) is 48.8 Å². The third-order valence-corrected chi connectivity index (χ3v) is 6.20. The molecule has 1 aromatic rings. The predicted octanol–water partition coefficient (Wildman–Crippen LogP) is 2.32. The molecule has 1 aromatic heterocycles. The molecular weight excluding hydrogens is 423 g/mol. The van der Waals surface area contributed by atoms with Crippen molar-refractivity contribution in [1.82, 2.24) is 9.47 Å². The summed E-state index contributed by atoms with van der Waals surface area (Å²) in [6.07, 6.45) is 3.34.